The van der Waals surface area contributed by atoms with Crippen LogP contribution in [0.15, 0.2) is 56.9 Å². The third kappa shape index (κ3) is 4.09. The maximum atomic E-state index is 13.1. The van der Waals surface area contributed by atoms with Gasteiger partial charge in [-0.05, 0) is 79.9 Å². The van der Waals surface area contributed by atoms with Crippen LogP contribution < -0.4 is 9.03 Å². The maximum Gasteiger partial charge on any atom is 0.273 e. The van der Waals surface area contributed by atoms with Crippen molar-refractivity contribution in [1.29, 1.82) is 0 Å². The maximum absolute atomic E-state index is 13.1. The molecule has 1 aliphatic rings. The van der Waals surface area contributed by atoms with Crippen LogP contribution >= 0.6 is 11.3 Å². The van der Waals surface area contributed by atoms with Crippen molar-refractivity contribution >= 4 is 42.8 Å². The van der Waals surface area contributed by atoms with E-state index in [0.29, 0.717) is 46.1 Å². The minimum atomic E-state index is -3.78. The highest BCUT2D eigenvalue weighted by atomic mass is 32.2. The van der Waals surface area contributed by atoms with E-state index < -0.39 is 20.0 Å². The number of anilines is 2. The average Bonchev–Trinajstić information content (AvgIpc) is 3.21. The Hall–Kier alpha value is -2.36. The number of hydrogen-bond donors (Lipinski definition) is 1. The van der Waals surface area contributed by atoms with Crippen LogP contribution in [0.4, 0.5) is 11.4 Å². The van der Waals surface area contributed by atoms with Crippen LogP contribution in [0.2, 0.25) is 0 Å². The van der Waals surface area contributed by atoms with E-state index in [1.54, 1.807) is 49.6 Å². The predicted octanol–water partition coefficient (Wildman–Crippen LogP) is 4.62. The van der Waals surface area contributed by atoms with Gasteiger partial charge in [-0.2, -0.15) is 0 Å². The van der Waals surface area contributed by atoms with E-state index in [9.17, 15) is 16.8 Å². The van der Waals surface area contributed by atoms with Gasteiger partial charge in [0.15, 0.2) is 0 Å². The molecule has 3 aromatic rings. The fraction of sp³-hybridized carbons (Fsp3) is 0.273. The zero-order valence-corrected chi connectivity index (χ0v) is 20.0. The van der Waals surface area contributed by atoms with Crippen LogP contribution in [0.25, 0.3) is 0 Å². The molecule has 0 unspecified atom stereocenters. The highest BCUT2D eigenvalue weighted by Gasteiger charge is 2.30. The third-order valence-corrected chi connectivity index (χ3v) is 10.2. The van der Waals surface area contributed by atoms with E-state index in [2.05, 4.69) is 4.72 Å². The molecule has 0 aliphatic carbocycles. The van der Waals surface area contributed by atoms with E-state index in [1.807, 2.05) is 19.1 Å². The highest BCUT2D eigenvalue weighted by Crippen LogP contribution is 2.35. The molecule has 0 atom stereocenters. The summed E-state index contributed by atoms with van der Waals surface area (Å²) < 4.78 is 56.6. The molecular weight excluding hydrogens is 452 g/mol. The van der Waals surface area contributed by atoms with Crippen molar-refractivity contribution in [2.75, 3.05) is 15.6 Å². The first-order valence-corrected chi connectivity index (χ1v) is 13.7. The van der Waals surface area contributed by atoms with E-state index in [0.717, 1.165) is 11.1 Å². The Labute approximate surface area is 187 Å². The second kappa shape index (κ2) is 7.96. The molecule has 164 valence electrons. The van der Waals surface area contributed by atoms with Crippen molar-refractivity contribution in [3.8, 4) is 0 Å². The normalized spacial score (nSPS) is 14.4. The van der Waals surface area contributed by atoms with E-state index in [1.165, 1.54) is 15.6 Å². The summed E-state index contributed by atoms with van der Waals surface area (Å²) in [5.74, 6) is 0. The van der Waals surface area contributed by atoms with Crippen LogP contribution in [0.5, 0.6) is 0 Å². The lowest BCUT2D eigenvalue weighted by Gasteiger charge is -2.30. The monoisotopic (exact) mass is 476 g/mol. The first kappa shape index (κ1) is 21.9. The first-order valence-electron chi connectivity index (χ1n) is 9.89. The number of aryl methyl sites for hydroxylation is 4. The second-order valence-corrected chi connectivity index (χ2v) is 12.4. The van der Waals surface area contributed by atoms with Crippen molar-refractivity contribution < 1.29 is 16.8 Å². The fourth-order valence-electron chi connectivity index (χ4n) is 4.19. The van der Waals surface area contributed by atoms with Crippen LogP contribution in [0.3, 0.4) is 0 Å². The SMILES string of the molecule is Cc1cc(C)c(S(=O)(=O)Nc2ccc3c(c2)CCCN3S(=O)(=O)c2cccs2)c(C)c1. The largest absolute Gasteiger partial charge is 0.280 e. The number of sulfonamides is 2. The molecule has 2 heterocycles. The van der Waals surface area contributed by atoms with Crippen molar-refractivity contribution in [2.24, 2.45) is 0 Å². The molecule has 1 aromatic heterocycles. The van der Waals surface area contributed by atoms with Gasteiger partial charge in [0.05, 0.1) is 10.6 Å². The fourth-order valence-corrected chi connectivity index (χ4v) is 8.34. The molecule has 31 heavy (non-hydrogen) atoms. The molecule has 0 fully saturated rings. The van der Waals surface area contributed by atoms with Crippen LogP contribution in [-0.2, 0) is 26.5 Å². The number of rotatable bonds is 5. The van der Waals surface area contributed by atoms with E-state index in [4.69, 9.17) is 0 Å². The molecule has 0 spiro atoms. The van der Waals surface area contributed by atoms with Crippen molar-refractivity contribution in [1.82, 2.24) is 0 Å². The number of fused-ring (bicyclic) bond motifs is 1. The van der Waals surface area contributed by atoms with Gasteiger partial charge in [0.25, 0.3) is 20.0 Å². The standard InChI is InChI=1S/C22H24N2O4S3/c1-15-12-16(2)22(17(3)13-15)30(25,26)23-19-8-9-20-18(14-19)6-4-10-24(20)31(27,28)21-7-5-11-29-21/h5,7-9,11-14,23H,4,6,10H2,1-3H3. The number of nitrogens with zero attached hydrogens (tertiary/aromatic N) is 1. The molecule has 0 saturated heterocycles. The van der Waals surface area contributed by atoms with Crippen LogP contribution in [0, 0.1) is 20.8 Å². The Morgan fingerprint density at radius 2 is 1.68 bits per heavy atom. The number of benzene rings is 2. The number of nitrogens with one attached hydrogen (secondary N) is 1. The molecule has 1 N–H and O–H groups in total. The molecular formula is C22H24N2O4S3. The van der Waals surface area contributed by atoms with Gasteiger partial charge in [0.2, 0.25) is 0 Å². The summed E-state index contributed by atoms with van der Waals surface area (Å²) in [4.78, 5) is 0.276. The smallest absolute Gasteiger partial charge is 0.273 e. The molecule has 9 heteroatoms. The van der Waals surface area contributed by atoms with Gasteiger partial charge in [-0.25, -0.2) is 16.8 Å². The summed E-state index contributed by atoms with van der Waals surface area (Å²) in [6.45, 7) is 5.91. The topological polar surface area (TPSA) is 83.6 Å². The number of hydrogen-bond acceptors (Lipinski definition) is 5. The van der Waals surface area contributed by atoms with Gasteiger partial charge in [-0.15, -0.1) is 11.3 Å². The van der Waals surface area contributed by atoms with Gasteiger partial charge < -0.3 is 0 Å². The number of thiophene rings is 1. The zero-order chi connectivity index (χ0) is 22.4. The highest BCUT2D eigenvalue weighted by molar-refractivity contribution is 7.94. The summed E-state index contributed by atoms with van der Waals surface area (Å²) in [5, 5.41) is 1.74. The minimum Gasteiger partial charge on any atom is -0.280 e. The average molecular weight is 477 g/mol. The third-order valence-electron chi connectivity index (χ3n) is 5.32. The van der Waals surface area contributed by atoms with E-state index >= 15 is 0 Å². The summed E-state index contributed by atoms with van der Waals surface area (Å²) in [7, 11) is -7.40. The molecule has 0 amide bonds. The summed E-state index contributed by atoms with van der Waals surface area (Å²) in [5.41, 5.74) is 4.23. The molecule has 0 saturated carbocycles. The molecule has 6 nitrogen and oxygen atoms in total. The molecule has 2 aromatic carbocycles. The lowest BCUT2D eigenvalue weighted by molar-refractivity contribution is 0.588. The lowest BCUT2D eigenvalue weighted by atomic mass is 10.0. The Balaban J connectivity index is 1.68. The zero-order valence-electron chi connectivity index (χ0n) is 17.5. The quantitative estimate of drug-likeness (QED) is 0.583. The summed E-state index contributed by atoms with van der Waals surface area (Å²) in [6.07, 6.45) is 1.36. The minimum absolute atomic E-state index is 0.276. The molecule has 4 rings (SSSR count). The van der Waals surface area contributed by atoms with Gasteiger partial charge >= 0.3 is 0 Å². The summed E-state index contributed by atoms with van der Waals surface area (Å²) in [6, 6.07) is 12.1. The van der Waals surface area contributed by atoms with E-state index in [-0.39, 0.29) is 4.90 Å². The van der Waals surface area contributed by atoms with Crippen molar-refractivity contribution in [2.45, 2.75) is 42.7 Å². The second-order valence-electron chi connectivity index (χ2n) is 7.79. The Morgan fingerprint density at radius 3 is 2.32 bits per heavy atom. The van der Waals surface area contributed by atoms with Gasteiger partial charge in [0, 0.05) is 12.2 Å². The predicted molar refractivity (Wildman–Crippen MR) is 125 cm³/mol. The van der Waals surface area contributed by atoms with Crippen molar-refractivity contribution in [3.63, 3.8) is 0 Å². The molecule has 0 bridgehead atoms. The van der Waals surface area contributed by atoms with Gasteiger partial charge in [-0.3, -0.25) is 9.03 Å². The Morgan fingerprint density at radius 1 is 0.968 bits per heavy atom. The lowest BCUT2D eigenvalue weighted by Crippen LogP contribution is -2.35. The first-order chi connectivity index (χ1) is 14.6. The van der Waals surface area contributed by atoms with Crippen molar-refractivity contribution in [3.05, 3.63) is 70.1 Å². The van der Waals surface area contributed by atoms with Crippen LogP contribution in [0.1, 0.15) is 28.7 Å². The Kier molecular flexibility index (Phi) is 5.61. The van der Waals surface area contributed by atoms with Gasteiger partial charge in [0.1, 0.15) is 4.21 Å². The molecule has 1 aliphatic heterocycles. The van der Waals surface area contributed by atoms with Crippen LogP contribution in [-0.4, -0.2) is 23.4 Å². The summed E-state index contributed by atoms with van der Waals surface area (Å²) >= 11 is 1.19. The Bertz CT molecular complexity index is 1320. The molecule has 0 radical (unpaired) electrons. The van der Waals surface area contributed by atoms with Gasteiger partial charge in [-0.1, -0.05) is 23.8 Å².